The Balaban J connectivity index is 2.88. The summed E-state index contributed by atoms with van der Waals surface area (Å²) >= 11 is 11.7. The van der Waals surface area contributed by atoms with E-state index in [1.807, 2.05) is 13.8 Å². The van der Waals surface area contributed by atoms with Crippen molar-refractivity contribution in [1.82, 2.24) is 0 Å². The van der Waals surface area contributed by atoms with Gasteiger partial charge in [0.15, 0.2) is 0 Å². The van der Waals surface area contributed by atoms with Crippen molar-refractivity contribution in [3.8, 4) is 0 Å². The van der Waals surface area contributed by atoms with Gasteiger partial charge in [0, 0.05) is 5.02 Å². The van der Waals surface area contributed by atoms with Crippen molar-refractivity contribution in [2.45, 2.75) is 32.2 Å². The van der Waals surface area contributed by atoms with Crippen molar-refractivity contribution in [2.24, 2.45) is 5.73 Å². The molecule has 1 aromatic carbocycles. The third-order valence-corrected chi connectivity index (χ3v) is 3.44. The van der Waals surface area contributed by atoms with Crippen LogP contribution in [0.1, 0.15) is 26.7 Å². The van der Waals surface area contributed by atoms with Crippen LogP contribution in [0.4, 0.5) is 5.69 Å². The van der Waals surface area contributed by atoms with Gasteiger partial charge in [-0.25, -0.2) is 0 Å². The molecule has 0 atom stereocenters. The summed E-state index contributed by atoms with van der Waals surface area (Å²) in [6, 6.07) is 4.91. The predicted octanol–water partition coefficient (Wildman–Crippen LogP) is 3.45. The lowest BCUT2D eigenvalue weighted by molar-refractivity contribution is -0.121. The average Bonchev–Trinajstić information content (AvgIpc) is 2.31. The van der Waals surface area contributed by atoms with Crippen molar-refractivity contribution < 1.29 is 4.79 Å². The minimum atomic E-state index is -0.858. The lowest BCUT2D eigenvalue weighted by Crippen LogP contribution is -2.50. The van der Waals surface area contributed by atoms with Crippen LogP contribution in [0.5, 0.6) is 0 Å². The van der Waals surface area contributed by atoms with E-state index in [0.717, 1.165) is 0 Å². The quantitative estimate of drug-likeness (QED) is 0.884. The van der Waals surface area contributed by atoms with Crippen LogP contribution in [-0.2, 0) is 4.79 Å². The highest BCUT2D eigenvalue weighted by Gasteiger charge is 2.30. The number of carbonyl (C=O) groups is 1. The zero-order chi connectivity index (χ0) is 13.1. The molecule has 0 bridgehead atoms. The second kappa shape index (κ2) is 5.71. The highest BCUT2D eigenvalue weighted by atomic mass is 35.5. The van der Waals surface area contributed by atoms with Gasteiger partial charge in [-0.1, -0.05) is 37.0 Å². The van der Waals surface area contributed by atoms with Gasteiger partial charge in [-0.05, 0) is 31.0 Å². The van der Waals surface area contributed by atoms with E-state index in [1.165, 1.54) is 0 Å². The summed E-state index contributed by atoms with van der Waals surface area (Å²) in [7, 11) is 0. The van der Waals surface area contributed by atoms with Gasteiger partial charge >= 0.3 is 0 Å². The summed E-state index contributed by atoms with van der Waals surface area (Å²) < 4.78 is 0. The minimum absolute atomic E-state index is 0.230. The molecule has 0 aliphatic carbocycles. The number of hydrogen-bond donors (Lipinski definition) is 2. The predicted molar refractivity (Wildman–Crippen MR) is 72.6 cm³/mol. The molecular formula is C12H16Cl2N2O. The molecule has 0 radical (unpaired) electrons. The van der Waals surface area contributed by atoms with Crippen LogP contribution in [0.3, 0.4) is 0 Å². The second-order valence-corrected chi connectivity index (χ2v) is 4.79. The molecular weight excluding hydrogens is 259 g/mol. The maximum absolute atomic E-state index is 12.0. The Labute approximate surface area is 111 Å². The summed E-state index contributed by atoms with van der Waals surface area (Å²) in [6.45, 7) is 3.76. The normalized spacial score (nSPS) is 11.4. The number of hydrogen-bond acceptors (Lipinski definition) is 2. The van der Waals surface area contributed by atoms with E-state index >= 15 is 0 Å². The van der Waals surface area contributed by atoms with E-state index in [2.05, 4.69) is 5.32 Å². The van der Waals surface area contributed by atoms with Crippen LogP contribution in [0.2, 0.25) is 10.0 Å². The fourth-order valence-electron chi connectivity index (χ4n) is 1.41. The van der Waals surface area contributed by atoms with Crippen LogP contribution in [0, 0.1) is 0 Å². The first-order chi connectivity index (χ1) is 7.92. The number of anilines is 1. The van der Waals surface area contributed by atoms with Gasteiger partial charge < -0.3 is 11.1 Å². The molecule has 0 saturated carbocycles. The van der Waals surface area contributed by atoms with E-state index in [0.29, 0.717) is 28.6 Å². The molecule has 0 fully saturated rings. The van der Waals surface area contributed by atoms with E-state index < -0.39 is 5.54 Å². The number of rotatable bonds is 4. The summed E-state index contributed by atoms with van der Waals surface area (Å²) in [5.41, 5.74) is 5.65. The average molecular weight is 275 g/mol. The number of nitrogens with two attached hydrogens (primary N) is 1. The number of benzene rings is 1. The molecule has 0 aromatic heterocycles. The largest absolute Gasteiger partial charge is 0.323 e. The Morgan fingerprint density at radius 3 is 2.41 bits per heavy atom. The summed E-state index contributed by atoms with van der Waals surface area (Å²) in [6.07, 6.45) is 1.14. The molecule has 0 spiro atoms. The van der Waals surface area contributed by atoms with Crippen LogP contribution >= 0.6 is 23.2 Å². The molecule has 1 rings (SSSR count). The zero-order valence-electron chi connectivity index (χ0n) is 9.89. The molecule has 0 aliphatic rings. The van der Waals surface area contributed by atoms with Gasteiger partial charge in [-0.2, -0.15) is 0 Å². The first-order valence-electron chi connectivity index (χ1n) is 5.48. The smallest absolute Gasteiger partial charge is 0.244 e. The van der Waals surface area contributed by atoms with Crippen molar-refractivity contribution in [3.63, 3.8) is 0 Å². The van der Waals surface area contributed by atoms with Crippen molar-refractivity contribution >= 4 is 34.8 Å². The highest BCUT2D eigenvalue weighted by molar-refractivity contribution is 6.36. The molecule has 94 valence electrons. The summed E-state index contributed by atoms with van der Waals surface area (Å²) in [4.78, 5) is 12.0. The number of halogens is 2. The Hall–Kier alpha value is -0.770. The Morgan fingerprint density at radius 1 is 1.35 bits per heavy atom. The standard InChI is InChI=1S/C12H16Cl2N2O/c1-3-12(15,4-2)11(17)16-10-6-5-8(13)7-9(10)14/h5-7H,3-4,15H2,1-2H3,(H,16,17). The van der Waals surface area contributed by atoms with Crippen molar-refractivity contribution in [3.05, 3.63) is 28.2 Å². The second-order valence-electron chi connectivity index (χ2n) is 3.94. The van der Waals surface area contributed by atoms with Crippen molar-refractivity contribution in [1.29, 1.82) is 0 Å². The van der Waals surface area contributed by atoms with Crippen LogP contribution < -0.4 is 11.1 Å². The lowest BCUT2D eigenvalue weighted by Gasteiger charge is -2.25. The number of amides is 1. The maximum atomic E-state index is 12.0. The molecule has 1 aromatic rings. The van der Waals surface area contributed by atoms with E-state index in [-0.39, 0.29) is 5.91 Å². The lowest BCUT2D eigenvalue weighted by atomic mass is 9.93. The minimum Gasteiger partial charge on any atom is -0.323 e. The third kappa shape index (κ3) is 3.35. The molecule has 0 saturated heterocycles. The van der Waals surface area contributed by atoms with Gasteiger partial charge in [-0.3, -0.25) is 4.79 Å². The van der Waals surface area contributed by atoms with Gasteiger partial charge in [0.25, 0.3) is 0 Å². The van der Waals surface area contributed by atoms with Gasteiger partial charge in [0.1, 0.15) is 0 Å². The van der Waals surface area contributed by atoms with Crippen LogP contribution in [0.25, 0.3) is 0 Å². The Bertz CT molecular complexity index is 417. The summed E-state index contributed by atoms with van der Waals surface area (Å²) in [5, 5.41) is 3.65. The maximum Gasteiger partial charge on any atom is 0.244 e. The molecule has 3 N–H and O–H groups in total. The number of carbonyl (C=O) groups excluding carboxylic acids is 1. The summed E-state index contributed by atoms with van der Waals surface area (Å²) in [5.74, 6) is -0.230. The molecule has 0 aliphatic heterocycles. The van der Waals surface area contributed by atoms with E-state index in [9.17, 15) is 4.79 Å². The molecule has 3 nitrogen and oxygen atoms in total. The van der Waals surface area contributed by atoms with Crippen LogP contribution in [-0.4, -0.2) is 11.4 Å². The fourth-order valence-corrected chi connectivity index (χ4v) is 1.86. The Kier molecular flexibility index (Phi) is 4.80. The van der Waals surface area contributed by atoms with Crippen molar-refractivity contribution in [2.75, 3.05) is 5.32 Å². The molecule has 0 unspecified atom stereocenters. The van der Waals surface area contributed by atoms with Crippen LogP contribution in [0.15, 0.2) is 18.2 Å². The molecule has 1 amide bonds. The van der Waals surface area contributed by atoms with E-state index in [4.69, 9.17) is 28.9 Å². The molecule has 0 heterocycles. The van der Waals surface area contributed by atoms with E-state index in [1.54, 1.807) is 18.2 Å². The highest BCUT2D eigenvalue weighted by Crippen LogP contribution is 2.26. The zero-order valence-corrected chi connectivity index (χ0v) is 11.4. The monoisotopic (exact) mass is 274 g/mol. The fraction of sp³-hybridized carbons (Fsp3) is 0.417. The first kappa shape index (κ1) is 14.3. The molecule has 17 heavy (non-hydrogen) atoms. The Morgan fingerprint density at radius 2 is 1.94 bits per heavy atom. The molecule has 5 heteroatoms. The first-order valence-corrected chi connectivity index (χ1v) is 6.24. The SMILES string of the molecule is CCC(N)(CC)C(=O)Nc1ccc(Cl)cc1Cl. The topological polar surface area (TPSA) is 55.1 Å². The third-order valence-electron chi connectivity index (χ3n) is 2.89. The van der Waals surface area contributed by atoms with Gasteiger partial charge in [0.2, 0.25) is 5.91 Å². The number of nitrogens with one attached hydrogen (secondary N) is 1. The van der Waals surface area contributed by atoms with Gasteiger partial charge in [0.05, 0.1) is 16.2 Å². The van der Waals surface area contributed by atoms with Gasteiger partial charge in [-0.15, -0.1) is 0 Å².